The number of thiazole rings is 1. The molecule has 2 heterocycles. The summed E-state index contributed by atoms with van der Waals surface area (Å²) < 4.78 is 0. The average Bonchev–Trinajstić information content (AvgIpc) is 2.77. The molecule has 0 saturated carbocycles. The van der Waals surface area contributed by atoms with Gasteiger partial charge in [0.15, 0.2) is 5.13 Å². The minimum Gasteiger partial charge on any atom is -0.351 e. The number of aryl methyl sites for hydroxylation is 1. The van der Waals surface area contributed by atoms with Crippen molar-refractivity contribution >= 4 is 22.5 Å². The van der Waals surface area contributed by atoms with Crippen LogP contribution in [0.5, 0.6) is 0 Å². The lowest BCUT2D eigenvalue weighted by molar-refractivity contribution is 0.221. The summed E-state index contributed by atoms with van der Waals surface area (Å²) in [6.45, 7) is 10.8. The Labute approximate surface area is 126 Å². The smallest absolute Gasteiger partial charge is 0.318 e. The van der Waals surface area contributed by atoms with Gasteiger partial charge in [0.2, 0.25) is 0 Å². The van der Waals surface area contributed by atoms with Crippen LogP contribution in [0.25, 0.3) is 0 Å². The molecule has 1 aromatic heterocycles. The maximum absolute atomic E-state index is 10.3. The zero-order chi connectivity index (χ0) is 15.5. The second-order valence-corrected chi connectivity index (χ2v) is 5.65. The number of piperidine rings is 1. The highest BCUT2D eigenvalue weighted by Crippen LogP contribution is 2.13. The minimum atomic E-state index is -0.575. The van der Waals surface area contributed by atoms with Crippen molar-refractivity contribution in [1.82, 2.24) is 9.88 Å². The van der Waals surface area contributed by atoms with Crippen molar-refractivity contribution in [3.8, 4) is 0 Å². The predicted molar refractivity (Wildman–Crippen MR) is 87.3 cm³/mol. The summed E-state index contributed by atoms with van der Waals surface area (Å²) in [5.41, 5.74) is 5.73. The highest BCUT2D eigenvalue weighted by Gasteiger charge is 2.11. The third-order valence-electron chi connectivity index (χ3n) is 2.71. The number of nitrogens with zero attached hydrogens (tertiary/aromatic N) is 2. The van der Waals surface area contributed by atoms with E-state index >= 15 is 0 Å². The SMILES string of the molecule is CC.C[C@@H]1CCCN(C)C1.Cc1csc(NC(N)=O)n1. The van der Waals surface area contributed by atoms with E-state index in [4.69, 9.17) is 5.73 Å². The Balaban J connectivity index is 0.000000327. The number of rotatable bonds is 1. The molecule has 1 saturated heterocycles. The van der Waals surface area contributed by atoms with Crippen LogP contribution in [0.3, 0.4) is 0 Å². The zero-order valence-corrected chi connectivity index (χ0v) is 14.1. The molecule has 2 rings (SSSR count). The number of hydrogen-bond donors (Lipinski definition) is 2. The lowest BCUT2D eigenvalue weighted by Gasteiger charge is -2.26. The summed E-state index contributed by atoms with van der Waals surface area (Å²) in [5, 5.41) is 4.76. The number of carbonyl (C=O) groups is 1. The number of likely N-dealkylation sites (tertiary alicyclic amines) is 1. The zero-order valence-electron chi connectivity index (χ0n) is 13.3. The van der Waals surface area contributed by atoms with Crippen LogP contribution in [0.2, 0.25) is 0 Å². The van der Waals surface area contributed by atoms with E-state index in [9.17, 15) is 4.79 Å². The molecule has 0 radical (unpaired) electrons. The minimum absolute atomic E-state index is 0.546. The van der Waals surface area contributed by atoms with Crippen LogP contribution in [-0.4, -0.2) is 36.1 Å². The van der Waals surface area contributed by atoms with Crippen LogP contribution in [0.4, 0.5) is 9.93 Å². The first-order valence-electron chi connectivity index (χ1n) is 7.14. The second kappa shape index (κ2) is 10.6. The molecule has 2 amide bonds. The summed E-state index contributed by atoms with van der Waals surface area (Å²) in [7, 11) is 2.20. The maximum atomic E-state index is 10.3. The molecule has 0 bridgehead atoms. The topological polar surface area (TPSA) is 71.2 Å². The molecular formula is C14H28N4OS. The fourth-order valence-corrected chi connectivity index (χ4v) is 2.63. The van der Waals surface area contributed by atoms with Gasteiger partial charge in [-0.05, 0) is 39.3 Å². The Bertz CT molecular complexity index is 373. The van der Waals surface area contributed by atoms with Crippen molar-refractivity contribution in [1.29, 1.82) is 0 Å². The van der Waals surface area contributed by atoms with Gasteiger partial charge < -0.3 is 10.6 Å². The fraction of sp³-hybridized carbons (Fsp3) is 0.714. The summed E-state index contributed by atoms with van der Waals surface area (Å²) in [6, 6.07) is -0.575. The molecule has 116 valence electrons. The predicted octanol–water partition coefficient (Wildman–Crippen LogP) is 3.32. The Morgan fingerprint density at radius 3 is 2.55 bits per heavy atom. The summed E-state index contributed by atoms with van der Waals surface area (Å²) >= 11 is 1.35. The van der Waals surface area contributed by atoms with E-state index in [0.29, 0.717) is 5.13 Å². The Hall–Kier alpha value is -1.14. The van der Waals surface area contributed by atoms with Gasteiger partial charge in [0, 0.05) is 11.9 Å². The van der Waals surface area contributed by atoms with Crippen molar-refractivity contribution in [2.45, 2.75) is 40.5 Å². The monoisotopic (exact) mass is 300 g/mol. The molecule has 1 fully saturated rings. The molecule has 0 aliphatic carbocycles. The van der Waals surface area contributed by atoms with E-state index in [1.165, 1.54) is 37.3 Å². The van der Waals surface area contributed by atoms with Crippen molar-refractivity contribution in [3.63, 3.8) is 0 Å². The largest absolute Gasteiger partial charge is 0.351 e. The highest BCUT2D eigenvalue weighted by atomic mass is 32.1. The highest BCUT2D eigenvalue weighted by molar-refractivity contribution is 7.13. The fourth-order valence-electron chi connectivity index (χ4n) is 1.94. The quantitative estimate of drug-likeness (QED) is 0.835. The van der Waals surface area contributed by atoms with E-state index in [1.807, 2.05) is 26.2 Å². The number of primary amides is 1. The third-order valence-corrected chi connectivity index (χ3v) is 3.58. The first-order valence-corrected chi connectivity index (χ1v) is 8.02. The summed E-state index contributed by atoms with van der Waals surface area (Å²) in [4.78, 5) is 16.6. The maximum Gasteiger partial charge on any atom is 0.318 e. The molecule has 0 spiro atoms. The van der Waals surface area contributed by atoms with Gasteiger partial charge >= 0.3 is 6.03 Å². The lowest BCUT2D eigenvalue weighted by Crippen LogP contribution is -2.30. The first kappa shape index (κ1) is 18.9. The van der Waals surface area contributed by atoms with Gasteiger partial charge in [-0.3, -0.25) is 5.32 Å². The van der Waals surface area contributed by atoms with Crippen LogP contribution >= 0.6 is 11.3 Å². The molecule has 1 atom stereocenters. The van der Waals surface area contributed by atoms with Crippen molar-refractivity contribution < 1.29 is 4.79 Å². The Morgan fingerprint density at radius 1 is 1.55 bits per heavy atom. The standard InChI is InChI=1S/C7H15N.C5H7N3OS.C2H6/c1-7-4-3-5-8(2)6-7;1-3-2-10-5(7-3)8-4(6)9;1-2/h7H,3-6H2,1-2H3;2H,1H3,(H3,6,7,8,9);1-2H3/t7-;;/m1../s1. The number of carbonyl (C=O) groups excluding carboxylic acids is 1. The lowest BCUT2D eigenvalue weighted by atomic mass is 10.0. The van der Waals surface area contributed by atoms with E-state index in [-0.39, 0.29) is 0 Å². The van der Waals surface area contributed by atoms with Crippen molar-refractivity contribution in [3.05, 3.63) is 11.1 Å². The molecule has 1 aliphatic rings. The van der Waals surface area contributed by atoms with Crippen LogP contribution in [-0.2, 0) is 0 Å². The summed E-state index contributed by atoms with van der Waals surface area (Å²) in [6.07, 6.45) is 2.84. The molecule has 3 N–H and O–H groups in total. The van der Waals surface area contributed by atoms with E-state index < -0.39 is 6.03 Å². The van der Waals surface area contributed by atoms with Crippen LogP contribution in [0.1, 0.15) is 39.3 Å². The number of amides is 2. The normalized spacial score (nSPS) is 18.1. The molecule has 6 heteroatoms. The third kappa shape index (κ3) is 8.87. The van der Waals surface area contributed by atoms with Gasteiger partial charge in [0.25, 0.3) is 0 Å². The van der Waals surface area contributed by atoms with Crippen molar-refractivity contribution in [2.75, 3.05) is 25.5 Å². The molecular weight excluding hydrogens is 272 g/mol. The average molecular weight is 300 g/mol. The van der Waals surface area contributed by atoms with Gasteiger partial charge in [-0.1, -0.05) is 20.8 Å². The number of urea groups is 1. The number of aromatic nitrogens is 1. The van der Waals surface area contributed by atoms with Gasteiger partial charge in [-0.2, -0.15) is 0 Å². The molecule has 0 unspecified atom stereocenters. The number of nitrogens with two attached hydrogens (primary N) is 1. The Kier molecular flexibility index (Phi) is 10.0. The van der Waals surface area contributed by atoms with Crippen LogP contribution in [0, 0.1) is 12.8 Å². The van der Waals surface area contributed by atoms with Gasteiger partial charge in [0.05, 0.1) is 5.69 Å². The second-order valence-electron chi connectivity index (χ2n) is 4.79. The van der Waals surface area contributed by atoms with Gasteiger partial charge in [-0.15, -0.1) is 11.3 Å². The van der Waals surface area contributed by atoms with E-state index in [1.54, 1.807) is 0 Å². The number of nitrogens with one attached hydrogen (secondary N) is 1. The number of anilines is 1. The Morgan fingerprint density at radius 2 is 2.20 bits per heavy atom. The van der Waals surface area contributed by atoms with Crippen molar-refractivity contribution in [2.24, 2.45) is 11.7 Å². The van der Waals surface area contributed by atoms with E-state index in [2.05, 4.69) is 29.2 Å². The molecule has 20 heavy (non-hydrogen) atoms. The molecule has 1 aliphatic heterocycles. The molecule has 1 aromatic rings. The van der Waals surface area contributed by atoms with Crippen LogP contribution in [0.15, 0.2) is 5.38 Å². The van der Waals surface area contributed by atoms with Gasteiger partial charge in [0.1, 0.15) is 0 Å². The molecule has 0 aromatic carbocycles. The van der Waals surface area contributed by atoms with Gasteiger partial charge in [-0.25, -0.2) is 9.78 Å². The van der Waals surface area contributed by atoms with E-state index in [0.717, 1.165) is 11.6 Å². The number of hydrogen-bond acceptors (Lipinski definition) is 4. The molecule has 5 nitrogen and oxygen atoms in total. The first-order chi connectivity index (χ1) is 9.47. The van der Waals surface area contributed by atoms with Crippen LogP contribution < -0.4 is 11.1 Å². The summed E-state index contributed by atoms with van der Waals surface area (Å²) in [5.74, 6) is 0.939.